The lowest BCUT2D eigenvalue weighted by Gasteiger charge is -2.27. The van der Waals surface area contributed by atoms with Crippen molar-refractivity contribution in [3.63, 3.8) is 0 Å². The third-order valence-corrected chi connectivity index (χ3v) is 2.82. The van der Waals surface area contributed by atoms with E-state index in [1.165, 1.54) is 0 Å². The topological polar surface area (TPSA) is 32.3 Å². The number of nitrogens with zero attached hydrogens (tertiary/aromatic N) is 1. The normalized spacial score (nSPS) is 11.6. The number of likely N-dealkylation sites (N-methyl/N-ethyl adjacent to an activating group) is 1. The van der Waals surface area contributed by atoms with E-state index in [1.807, 2.05) is 39.1 Å². The summed E-state index contributed by atoms with van der Waals surface area (Å²) in [5.74, 6) is -0.0247. The van der Waals surface area contributed by atoms with Crippen LogP contribution in [0.25, 0.3) is 0 Å². The highest BCUT2D eigenvalue weighted by Gasteiger charge is 2.10. The lowest BCUT2D eigenvalue weighted by Crippen LogP contribution is -2.39. The quantitative estimate of drug-likeness (QED) is 0.810. The van der Waals surface area contributed by atoms with Gasteiger partial charge in [0.25, 0.3) is 0 Å². The first-order chi connectivity index (χ1) is 8.50. The van der Waals surface area contributed by atoms with E-state index in [1.54, 1.807) is 6.08 Å². The minimum atomic E-state index is -0.0247. The van der Waals surface area contributed by atoms with Gasteiger partial charge in [0, 0.05) is 31.4 Å². The number of anilines is 1. The van der Waals surface area contributed by atoms with Crippen molar-refractivity contribution < 1.29 is 4.79 Å². The smallest absolute Gasteiger partial charge is 0.243 e. The van der Waals surface area contributed by atoms with Gasteiger partial charge >= 0.3 is 0 Å². The van der Waals surface area contributed by atoms with Crippen LogP contribution < -0.4 is 10.2 Å². The number of rotatable bonds is 5. The van der Waals surface area contributed by atoms with Gasteiger partial charge in [0.2, 0.25) is 5.91 Å². The molecular weight excluding hydrogens is 224 g/mol. The molecule has 0 aliphatic rings. The fourth-order valence-corrected chi connectivity index (χ4v) is 1.62. The molecule has 0 saturated carbocycles. The maximum Gasteiger partial charge on any atom is 0.243 e. The molecule has 98 valence electrons. The molecule has 0 spiro atoms. The standard InChI is InChI=1S/C15H22N2O/c1-12(2)10-15(18)16-11-13(3)17(4)14-8-6-5-7-9-14/h5-10,13H,11H2,1-4H3,(H,16,18)/t13-/m0/s1. The average Bonchev–Trinajstić information content (AvgIpc) is 2.35. The lowest BCUT2D eigenvalue weighted by atomic mass is 10.2. The van der Waals surface area contributed by atoms with Crippen molar-refractivity contribution >= 4 is 11.6 Å². The Labute approximate surface area is 109 Å². The minimum absolute atomic E-state index is 0.0247. The maximum absolute atomic E-state index is 11.5. The second kappa shape index (κ2) is 6.84. The van der Waals surface area contributed by atoms with E-state index in [0.29, 0.717) is 6.54 Å². The van der Waals surface area contributed by atoms with Crippen LogP contribution in [0.15, 0.2) is 42.0 Å². The minimum Gasteiger partial charge on any atom is -0.370 e. The Morgan fingerprint density at radius 3 is 2.50 bits per heavy atom. The van der Waals surface area contributed by atoms with Crippen LogP contribution in [-0.2, 0) is 4.79 Å². The Morgan fingerprint density at radius 1 is 1.33 bits per heavy atom. The molecule has 0 aliphatic heterocycles. The Bertz CT molecular complexity index is 408. The van der Waals surface area contributed by atoms with Gasteiger partial charge in [-0.1, -0.05) is 23.8 Å². The summed E-state index contributed by atoms with van der Waals surface area (Å²) in [6.07, 6.45) is 1.62. The Kier molecular flexibility index (Phi) is 5.43. The van der Waals surface area contributed by atoms with Gasteiger partial charge in [-0.3, -0.25) is 4.79 Å². The molecule has 1 aromatic rings. The van der Waals surface area contributed by atoms with Gasteiger partial charge in [-0.15, -0.1) is 0 Å². The van der Waals surface area contributed by atoms with E-state index in [2.05, 4.69) is 29.3 Å². The molecule has 1 aromatic carbocycles. The molecule has 1 rings (SSSR count). The van der Waals surface area contributed by atoms with E-state index >= 15 is 0 Å². The Balaban J connectivity index is 2.49. The van der Waals surface area contributed by atoms with Crippen LogP contribution in [0.3, 0.4) is 0 Å². The van der Waals surface area contributed by atoms with E-state index in [9.17, 15) is 4.79 Å². The van der Waals surface area contributed by atoms with E-state index in [4.69, 9.17) is 0 Å². The van der Waals surface area contributed by atoms with Gasteiger partial charge in [-0.25, -0.2) is 0 Å². The average molecular weight is 246 g/mol. The lowest BCUT2D eigenvalue weighted by molar-refractivity contribution is -0.116. The van der Waals surface area contributed by atoms with Gasteiger partial charge in [-0.05, 0) is 32.9 Å². The molecule has 0 radical (unpaired) electrons. The number of allylic oxidation sites excluding steroid dienone is 1. The van der Waals surface area contributed by atoms with E-state index < -0.39 is 0 Å². The van der Waals surface area contributed by atoms with Crippen molar-refractivity contribution in [1.29, 1.82) is 0 Å². The van der Waals surface area contributed by atoms with Crippen LogP contribution in [0.5, 0.6) is 0 Å². The van der Waals surface area contributed by atoms with Gasteiger partial charge in [0.05, 0.1) is 0 Å². The number of para-hydroxylation sites is 1. The van der Waals surface area contributed by atoms with Crippen molar-refractivity contribution in [2.24, 2.45) is 0 Å². The molecule has 1 amide bonds. The zero-order valence-electron chi connectivity index (χ0n) is 11.6. The summed E-state index contributed by atoms with van der Waals surface area (Å²) in [6.45, 7) is 6.56. The molecule has 0 saturated heterocycles. The van der Waals surface area contributed by atoms with Gasteiger partial charge in [-0.2, -0.15) is 0 Å². The van der Waals surface area contributed by atoms with Crippen LogP contribution in [0.2, 0.25) is 0 Å². The predicted octanol–water partition coefficient (Wildman–Crippen LogP) is 2.59. The number of carbonyl (C=O) groups is 1. The summed E-state index contributed by atoms with van der Waals surface area (Å²) in [6, 6.07) is 10.4. The molecule has 1 N–H and O–H groups in total. The van der Waals surface area contributed by atoms with Crippen LogP contribution in [-0.4, -0.2) is 25.5 Å². The Morgan fingerprint density at radius 2 is 1.94 bits per heavy atom. The number of hydrogen-bond acceptors (Lipinski definition) is 2. The van der Waals surface area contributed by atoms with Gasteiger partial charge in [0.1, 0.15) is 0 Å². The first kappa shape index (κ1) is 14.3. The summed E-state index contributed by atoms with van der Waals surface area (Å²) in [5, 5.41) is 2.91. The second-order valence-electron chi connectivity index (χ2n) is 4.76. The maximum atomic E-state index is 11.5. The fourth-order valence-electron chi connectivity index (χ4n) is 1.62. The third kappa shape index (κ3) is 4.62. The molecule has 0 fully saturated rings. The highest BCUT2D eigenvalue weighted by molar-refractivity contribution is 5.88. The van der Waals surface area contributed by atoms with E-state index in [0.717, 1.165) is 11.3 Å². The zero-order chi connectivity index (χ0) is 13.5. The van der Waals surface area contributed by atoms with Gasteiger partial charge in [0.15, 0.2) is 0 Å². The summed E-state index contributed by atoms with van der Waals surface area (Å²) in [4.78, 5) is 13.7. The summed E-state index contributed by atoms with van der Waals surface area (Å²) in [7, 11) is 2.03. The third-order valence-electron chi connectivity index (χ3n) is 2.82. The summed E-state index contributed by atoms with van der Waals surface area (Å²) < 4.78 is 0. The Hall–Kier alpha value is -1.77. The van der Waals surface area contributed by atoms with Crippen LogP contribution in [0.1, 0.15) is 20.8 Å². The first-order valence-electron chi connectivity index (χ1n) is 6.21. The molecule has 3 nitrogen and oxygen atoms in total. The molecule has 0 bridgehead atoms. The molecule has 0 aromatic heterocycles. The first-order valence-corrected chi connectivity index (χ1v) is 6.21. The number of carbonyl (C=O) groups excluding carboxylic acids is 1. The molecule has 0 aliphatic carbocycles. The predicted molar refractivity (Wildman–Crippen MR) is 76.7 cm³/mol. The molecule has 0 heterocycles. The van der Waals surface area contributed by atoms with Gasteiger partial charge < -0.3 is 10.2 Å². The summed E-state index contributed by atoms with van der Waals surface area (Å²) in [5.41, 5.74) is 2.16. The van der Waals surface area contributed by atoms with Crippen LogP contribution >= 0.6 is 0 Å². The highest BCUT2D eigenvalue weighted by Crippen LogP contribution is 2.13. The SMILES string of the molecule is CC(C)=CC(=O)NC[C@H](C)N(C)c1ccccc1. The highest BCUT2D eigenvalue weighted by atomic mass is 16.1. The fraction of sp³-hybridized carbons (Fsp3) is 0.400. The summed E-state index contributed by atoms with van der Waals surface area (Å²) >= 11 is 0. The van der Waals surface area contributed by atoms with Crippen molar-refractivity contribution in [2.45, 2.75) is 26.8 Å². The monoisotopic (exact) mass is 246 g/mol. The largest absolute Gasteiger partial charge is 0.370 e. The molecule has 18 heavy (non-hydrogen) atoms. The van der Waals surface area contributed by atoms with Crippen molar-refractivity contribution in [2.75, 3.05) is 18.5 Å². The second-order valence-corrected chi connectivity index (χ2v) is 4.76. The van der Waals surface area contributed by atoms with E-state index in [-0.39, 0.29) is 11.9 Å². The number of nitrogens with one attached hydrogen (secondary N) is 1. The van der Waals surface area contributed by atoms with Crippen LogP contribution in [0.4, 0.5) is 5.69 Å². The zero-order valence-corrected chi connectivity index (χ0v) is 11.6. The molecule has 3 heteroatoms. The number of benzene rings is 1. The van der Waals surface area contributed by atoms with Crippen molar-refractivity contribution in [3.8, 4) is 0 Å². The molecular formula is C15H22N2O. The van der Waals surface area contributed by atoms with Crippen molar-refractivity contribution in [3.05, 3.63) is 42.0 Å². The number of hydrogen-bond donors (Lipinski definition) is 1. The van der Waals surface area contributed by atoms with Crippen LogP contribution in [0, 0.1) is 0 Å². The number of amides is 1. The molecule has 0 unspecified atom stereocenters. The van der Waals surface area contributed by atoms with Crippen molar-refractivity contribution in [1.82, 2.24) is 5.32 Å². The molecule has 1 atom stereocenters.